The lowest BCUT2D eigenvalue weighted by molar-refractivity contribution is 0.665. The van der Waals surface area contributed by atoms with Gasteiger partial charge < -0.3 is 4.90 Å². The van der Waals surface area contributed by atoms with Crippen LogP contribution in [-0.2, 0) is 5.41 Å². The molecule has 1 heterocycles. The van der Waals surface area contributed by atoms with Gasteiger partial charge in [0.05, 0.1) is 6.34 Å². The second kappa shape index (κ2) is 4.12. The molecule has 0 aliphatic carbocycles. The molecule has 0 bridgehead atoms. The van der Waals surface area contributed by atoms with Gasteiger partial charge >= 0.3 is 0 Å². The minimum atomic E-state index is -0.0333. The van der Waals surface area contributed by atoms with Gasteiger partial charge in [0.1, 0.15) is 0 Å². The van der Waals surface area contributed by atoms with Crippen molar-refractivity contribution in [1.29, 1.82) is 0 Å². The summed E-state index contributed by atoms with van der Waals surface area (Å²) in [5.74, 6) is 0. The number of benzene rings is 1. The molecule has 1 aliphatic rings. The van der Waals surface area contributed by atoms with E-state index in [1.54, 1.807) is 0 Å². The van der Waals surface area contributed by atoms with Gasteiger partial charge in [-0.1, -0.05) is 26.0 Å². The first-order valence-corrected chi connectivity index (χ1v) is 5.48. The molecular weight excluding hydrogens is 196 g/mol. The van der Waals surface area contributed by atoms with Gasteiger partial charge in [-0.3, -0.25) is 0 Å². The standard InChI is InChI=1S/C14H17N2/c1-14(2,3)12-5-7-13(8-6-12)16-10-4-9-15-11-16/h4-9,11H,1,10H2,2-3H3. The lowest BCUT2D eigenvalue weighted by Gasteiger charge is -2.22. The average Bonchev–Trinajstić information content (AvgIpc) is 2.29. The zero-order valence-electron chi connectivity index (χ0n) is 9.85. The van der Waals surface area contributed by atoms with Crippen LogP contribution in [-0.4, -0.2) is 12.9 Å². The minimum Gasteiger partial charge on any atom is -0.329 e. The lowest BCUT2D eigenvalue weighted by atomic mass is 9.87. The van der Waals surface area contributed by atoms with Crippen molar-refractivity contribution in [2.75, 3.05) is 11.4 Å². The molecule has 0 unspecified atom stereocenters. The van der Waals surface area contributed by atoms with Gasteiger partial charge in [0, 0.05) is 18.4 Å². The third-order valence-corrected chi connectivity index (χ3v) is 2.68. The van der Waals surface area contributed by atoms with Crippen molar-refractivity contribution >= 4 is 12.0 Å². The van der Waals surface area contributed by atoms with E-state index in [0.29, 0.717) is 0 Å². The predicted octanol–water partition coefficient (Wildman–Crippen LogP) is 3.16. The van der Waals surface area contributed by atoms with E-state index in [1.165, 1.54) is 11.3 Å². The topological polar surface area (TPSA) is 15.6 Å². The van der Waals surface area contributed by atoms with Gasteiger partial charge in [-0.05, 0) is 36.1 Å². The Bertz CT molecular complexity index is 407. The molecule has 0 amide bonds. The summed E-state index contributed by atoms with van der Waals surface area (Å²) in [4.78, 5) is 6.23. The Kier molecular flexibility index (Phi) is 2.82. The smallest absolute Gasteiger partial charge is 0.0952 e. The fraction of sp³-hybridized carbons (Fsp3) is 0.286. The molecule has 0 saturated heterocycles. The van der Waals surface area contributed by atoms with Crippen molar-refractivity contribution in [3.63, 3.8) is 0 Å². The zero-order valence-corrected chi connectivity index (χ0v) is 9.85. The number of rotatable bonds is 2. The molecular formula is C14H17N2. The summed E-state index contributed by atoms with van der Waals surface area (Å²) < 4.78 is 0. The lowest BCUT2D eigenvalue weighted by Crippen LogP contribution is -2.23. The van der Waals surface area contributed by atoms with Gasteiger partial charge in [0.2, 0.25) is 0 Å². The van der Waals surface area contributed by atoms with Gasteiger partial charge in [-0.2, -0.15) is 0 Å². The Morgan fingerprint density at radius 1 is 1.25 bits per heavy atom. The monoisotopic (exact) mass is 213 g/mol. The first-order valence-electron chi connectivity index (χ1n) is 5.48. The summed E-state index contributed by atoms with van der Waals surface area (Å²) >= 11 is 0. The minimum absolute atomic E-state index is 0.0333. The Hall–Kier alpha value is -1.57. The van der Waals surface area contributed by atoms with E-state index in [1.807, 2.05) is 18.6 Å². The number of aliphatic imine (C=N–C) groups is 1. The third-order valence-electron chi connectivity index (χ3n) is 2.68. The largest absolute Gasteiger partial charge is 0.329 e. The van der Waals surface area contributed by atoms with Crippen LogP contribution in [0.1, 0.15) is 19.4 Å². The predicted molar refractivity (Wildman–Crippen MR) is 69.8 cm³/mol. The molecule has 2 nitrogen and oxygen atoms in total. The molecule has 1 aromatic carbocycles. The van der Waals surface area contributed by atoms with E-state index in [0.717, 1.165) is 6.54 Å². The molecule has 83 valence electrons. The van der Waals surface area contributed by atoms with Crippen LogP contribution in [0.3, 0.4) is 0 Å². The Labute approximate surface area is 97.3 Å². The summed E-state index contributed by atoms with van der Waals surface area (Å²) in [6, 6.07) is 8.50. The third kappa shape index (κ3) is 2.32. The van der Waals surface area contributed by atoms with Gasteiger partial charge in [0.15, 0.2) is 0 Å². The van der Waals surface area contributed by atoms with Crippen LogP contribution >= 0.6 is 0 Å². The number of hydrogen-bond donors (Lipinski definition) is 0. The normalized spacial score (nSPS) is 15.6. The van der Waals surface area contributed by atoms with E-state index in [9.17, 15) is 0 Å². The average molecular weight is 213 g/mol. The molecule has 0 saturated carbocycles. The second-order valence-corrected chi connectivity index (χ2v) is 4.73. The maximum Gasteiger partial charge on any atom is 0.0952 e. The highest BCUT2D eigenvalue weighted by Crippen LogP contribution is 2.24. The molecule has 0 N–H and O–H groups in total. The molecule has 1 aromatic rings. The van der Waals surface area contributed by atoms with Gasteiger partial charge in [0.25, 0.3) is 0 Å². The van der Waals surface area contributed by atoms with Crippen LogP contribution < -0.4 is 4.90 Å². The summed E-state index contributed by atoms with van der Waals surface area (Å²) in [6.07, 6.45) is 5.72. The van der Waals surface area contributed by atoms with Crippen molar-refractivity contribution in [2.45, 2.75) is 19.3 Å². The van der Waals surface area contributed by atoms with Gasteiger partial charge in [-0.15, -0.1) is 0 Å². The summed E-state index contributed by atoms with van der Waals surface area (Å²) in [5, 5.41) is 0. The highest BCUT2D eigenvalue weighted by atomic mass is 15.2. The van der Waals surface area contributed by atoms with E-state index in [4.69, 9.17) is 0 Å². The number of anilines is 1. The summed E-state index contributed by atoms with van der Waals surface area (Å²) in [5.41, 5.74) is 2.39. The Morgan fingerprint density at radius 2 is 1.94 bits per heavy atom. The van der Waals surface area contributed by atoms with Crippen LogP contribution in [0, 0.1) is 6.92 Å². The summed E-state index contributed by atoms with van der Waals surface area (Å²) in [6.45, 7) is 9.25. The molecule has 0 fully saturated rings. The molecule has 0 spiro atoms. The maximum absolute atomic E-state index is 4.13. The number of hydrogen-bond acceptors (Lipinski definition) is 2. The van der Waals surface area contributed by atoms with E-state index < -0.39 is 0 Å². The van der Waals surface area contributed by atoms with E-state index in [-0.39, 0.29) is 5.41 Å². The van der Waals surface area contributed by atoms with Crippen LogP contribution in [0.5, 0.6) is 0 Å². The highest BCUT2D eigenvalue weighted by Gasteiger charge is 2.13. The SMILES string of the molecule is [CH2]C(C)(C)c1ccc(N2C=NC=CC2)cc1. The molecule has 2 rings (SSSR count). The van der Waals surface area contributed by atoms with Crippen molar-refractivity contribution in [2.24, 2.45) is 4.99 Å². The quantitative estimate of drug-likeness (QED) is 0.736. The fourth-order valence-electron chi connectivity index (χ4n) is 1.66. The molecule has 2 heteroatoms. The number of nitrogens with zero attached hydrogens (tertiary/aromatic N) is 2. The van der Waals surface area contributed by atoms with E-state index >= 15 is 0 Å². The van der Waals surface area contributed by atoms with Crippen LogP contribution in [0.4, 0.5) is 5.69 Å². The first kappa shape index (κ1) is 10.9. The highest BCUT2D eigenvalue weighted by molar-refractivity contribution is 5.80. The van der Waals surface area contributed by atoms with Crippen molar-refractivity contribution in [3.8, 4) is 0 Å². The van der Waals surface area contributed by atoms with Crippen LogP contribution in [0.15, 0.2) is 41.5 Å². The van der Waals surface area contributed by atoms with E-state index in [2.05, 4.69) is 54.9 Å². The first-order chi connectivity index (χ1) is 7.57. The Morgan fingerprint density at radius 3 is 2.44 bits per heavy atom. The van der Waals surface area contributed by atoms with Crippen molar-refractivity contribution < 1.29 is 0 Å². The maximum atomic E-state index is 4.13. The van der Waals surface area contributed by atoms with Gasteiger partial charge in [-0.25, -0.2) is 4.99 Å². The van der Waals surface area contributed by atoms with Crippen LogP contribution in [0.25, 0.3) is 0 Å². The molecule has 1 aliphatic heterocycles. The molecule has 0 atom stereocenters. The summed E-state index contributed by atoms with van der Waals surface area (Å²) in [7, 11) is 0. The molecule has 16 heavy (non-hydrogen) atoms. The Balaban J connectivity index is 2.19. The molecule has 1 radical (unpaired) electrons. The van der Waals surface area contributed by atoms with Crippen LogP contribution in [0.2, 0.25) is 0 Å². The van der Waals surface area contributed by atoms with Crippen molar-refractivity contribution in [1.82, 2.24) is 0 Å². The molecule has 0 aromatic heterocycles. The fourth-order valence-corrected chi connectivity index (χ4v) is 1.66. The zero-order chi connectivity index (χ0) is 11.6. The van der Waals surface area contributed by atoms with Crippen molar-refractivity contribution in [3.05, 3.63) is 49.0 Å². The second-order valence-electron chi connectivity index (χ2n) is 4.73.